The van der Waals surface area contributed by atoms with E-state index in [0.29, 0.717) is 24.5 Å². The maximum absolute atomic E-state index is 13.0. The molecule has 2 aromatic carbocycles. The van der Waals surface area contributed by atoms with Crippen LogP contribution in [0.5, 0.6) is 0 Å². The Bertz CT molecular complexity index is 750. The summed E-state index contributed by atoms with van der Waals surface area (Å²) >= 11 is 0. The van der Waals surface area contributed by atoms with E-state index >= 15 is 0 Å². The summed E-state index contributed by atoms with van der Waals surface area (Å²) in [5, 5.41) is 3.28. The SMILES string of the molecule is CC1CN(S(=O)(=O)c2ccccc2-c2ccccc2)CCN1.Cl. The van der Waals surface area contributed by atoms with Gasteiger partial charge >= 0.3 is 0 Å². The summed E-state index contributed by atoms with van der Waals surface area (Å²) < 4.78 is 27.6. The molecule has 23 heavy (non-hydrogen) atoms. The van der Waals surface area contributed by atoms with Crippen molar-refractivity contribution in [1.82, 2.24) is 9.62 Å². The van der Waals surface area contributed by atoms with Gasteiger partial charge in [0.2, 0.25) is 10.0 Å². The Kier molecular flexibility index (Phi) is 5.81. The Labute approximate surface area is 144 Å². The normalized spacial score (nSPS) is 19.1. The first-order chi connectivity index (χ1) is 10.6. The summed E-state index contributed by atoms with van der Waals surface area (Å²) in [6, 6.07) is 17.1. The molecule has 4 nitrogen and oxygen atoms in total. The van der Waals surface area contributed by atoms with E-state index in [2.05, 4.69) is 5.32 Å². The number of sulfonamides is 1. The molecule has 0 bridgehead atoms. The van der Waals surface area contributed by atoms with E-state index in [0.717, 1.165) is 11.1 Å². The van der Waals surface area contributed by atoms with Crippen molar-refractivity contribution in [2.24, 2.45) is 0 Å². The van der Waals surface area contributed by atoms with Crippen molar-refractivity contribution < 1.29 is 8.42 Å². The highest BCUT2D eigenvalue weighted by Gasteiger charge is 2.30. The van der Waals surface area contributed by atoms with Crippen LogP contribution in [0.2, 0.25) is 0 Å². The summed E-state index contributed by atoms with van der Waals surface area (Å²) in [4.78, 5) is 0.385. The summed E-state index contributed by atoms with van der Waals surface area (Å²) in [5.74, 6) is 0. The van der Waals surface area contributed by atoms with Crippen molar-refractivity contribution >= 4 is 22.4 Å². The van der Waals surface area contributed by atoms with E-state index in [1.54, 1.807) is 16.4 Å². The summed E-state index contributed by atoms with van der Waals surface area (Å²) in [5.41, 5.74) is 1.68. The monoisotopic (exact) mass is 352 g/mol. The van der Waals surface area contributed by atoms with Gasteiger partial charge in [0.1, 0.15) is 0 Å². The first-order valence-electron chi connectivity index (χ1n) is 7.47. The van der Waals surface area contributed by atoms with Crippen LogP contribution in [0.1, 0.15) is 6.92 Å². The van der Waals surface area contributed by atoms with E-state index in [1.807, 2.05) is 49.4 Å². The summed E-state index contributed by atoms with van der Waals surface area (Å²) in [6.45, 7) is 3.71. The number of nitrogens with zero attached hydrogens (tertiary/aromatic N) is 1. The second kappa shape index (κ2) is 7.45. The molecule has 1 unspecified atom stereocenters. The van der Waals surface area contributed by atoms with Crippen molar-refractivity contribution in [3.05, 3.63) is 54.6 Å². The minimum atomic E-state index is -3.48. The highest BCUT2D eigenvalue weighted by Crippen LogP contribution is 2.29. The van der Waals surface area contributed by atoms with Gasteiger partial charge in [-0.3, -0.25) is 0 Å². The van der Waals surface area contributed by atoms with Crippen LogP contribution in [-0.2, 0) is 10.0 Å². The molecular formula is C17H21ClN2O2S. The molecule has 1 aliphatic rings. The molecule has 124 valence electrons. The van der Waals surface area contributed by atoms with Gasteiger partial charge in [-0.1, -0.05) is 48.5 Å². The predicted octanol–water partition coefficient (Wildman–Crippen LogP) is 2.76. The van der Waals surface area contributed by atoms with Crippen molar-refractivity contribution in [3.8, 4) is 11.1 Å². The molecule has 1 N–H and O–H groups in total. The highest BCUT2D eigenvalue weighted by atomic mass is 35.5. The Hall–Kier alpha value is -1.40. The fourth-order valence-corrected chi connectivity index (χ4v) is 4.55. The molecule has 0 amide bonds. The molecule has 0 aliphatic carbocycles. The average molecular weight is 353 g/mol. The Balaban J connectivity index is 0.00000192. The van der Waals surface area contributed by atoms with E-state index in [9.17, 15) is 8.42 Å². The van der Waals surface area contributed by atoms with Gasteiger partial charge in [-0.2, -0.15) is 4.31 Å². The molecule has 0 aromatic heterocycles. The molecular weight excluding hydrogens is 332 g/mol. The minimum Gasteiger partial charge on any atom is -0.312 e. The third-order valence-corrected chi connectivity index (χ3v) is 5.84. The molecule has 1 aliphatic heterocycles. The Morgan fingerprint density at radius 1 is 1.04 bits per heavy atom. The van der Waals surface area contributed by atoms with Crippen LogP contribution in [0.15, 0.2) is 59.5 Å². The van der Waals surface area contributed by atoms with Gasteiger partial charge in [-0.25, -0.2) is 8.42 Å². The number of nitrogens with one attached hydrogen (secondary N) is 1. The molecule has 1 heterocycles. The predicted molar refractivity (Wildman–Crippen MR) is 95.3 cm³/mol. The van der Waals surface area contributed by atoms with Crippen LogP contribution in [0, 0.1) is 0 Å². The van der Waals surface area contributed by atoms with Crippen LogP contribution in [-0.4, -0.2) is 38.4 Å². The molecule has 1 saturated heterocycles. The third-order valence-electron chi connectivity index (χ3n) is 3.92. The maximum atomic E-state index is 13.0. The van der Waals surface area contributed by atoms with Gasteiger partial charge in [0.15, 0.2) is 0 Å². The zero-order valence-electron chi connectivity index (χ0n) is 13.0. The molecule has 2 aromatic rings. The Morgan fingerprint density at radius 2 is 1.70 bits per heavy atom. The van der Waals surface area contributed by atoms with Crippen molar-refractivity contribution in [3.63, 3.8) is 0 Å². The first kappa shape index (κ1) is 17.9. The van der Waals surface area contributed by atoms with Gasteiger partial charge in [0, 0.05) is 31.2 Å². The molecule has 6 heteroatoms. The standard InChI is InChI=1S/C17H20N2O2S.ClH/c1-14-13-19(12-11-18-14)22(20,21)17-10-6-5-9-16(17)15-7-3-2-4-8-15;/h2-10,14,18H,11-13H2,1H3;1H. The lowest BCUT2D eigenvalue weighted by Gasteiger charge is -2.31. The molecule has 0 saturated carbocycles. The van der Waals surface area contributed by atoms with Gasteiger partial charge < -0.3 is 5.32 Å². The van der Waals surface area contributed by atoms with Crippen molar-refractivity contribution in [2.45, 2.75) is 17.9 Å². The molecule has 1 fully saturated rings. The zero-order valence-corrected chi connectivity index (χ0v) is 14.6. The van der Waals surface area contributed by atoms with Gasteiger partial charge in [-0.15, -0.1) is 12.4 Å². The fourth-order valence-electron chi connectivity index (χ4n) is 2.80. The number of hydrogen-bond acceptors (Lipinski definition) is 3. The summed E-state index contributed by atoms with van der Waals surface area (Å²) in [6.07, 6.45) is 0. The lowest BCUT2D eigenvalue weighted by Crippen LogP contribution is -2.51. The quantitative estimate of drug-likeness (QED) is 0.924. The smallest absolute Gasteiger partial charge is 0.243 e. The van der Waals surface area contributed by atoms with Gasteiger partial charge in [0.25, 0.3) is 0 Å². The largest absolute Gasteiger partial charge is 0.312 e. The lowest BCUT2D eigenvalue weighted by atomic mass is 10.1. The fraction of sp³-hybridized carbons (Fsp3) is 0.294. The number of piperazine rings is 1. The van der Waals surface area contributed by atoms with Crippen LogP contribution < -0.4 is 5.32 Å². The summed E-state index contributed by atoms with van der Waals surface area (Å²) in [7, 11) is -3.48. The molecule has 0 spiro atoms. The van der Waals surface area contributed by atoms with Crippen molar-refractivity contribution in [2.75, 3.05) is 19.6 Å². The number of rotatable bonds is 3. The second-order valence-corrected chi connectivity index (χ2v) is 7.49. The van der Waals surface area contributed by atoms with Crippen LogP contribution >= 0.6 is 12.4 Å². The topological polar surface area (TPSA) is 49.4 Å². The van der Waals surface area contributed by atoms with Crippen LogP contribution in [0.25, 0.3) is 11.1 Å². The van der Waals surface area contributed by atoms with Gasteiger partial charge in [-0.05, 0) is 18.6 Å². The van der Waals surface area contributed by atoms with Crippen LogP contribution in [0.3, 0.4) is 0 Å². The number of benzene rings is 2. The maximum Gasteiger partial charge on any atom is 0.243 e. The molecule has 1 atom stereocenters. The molecule has 0 radical (unpaired) electrons. The average Bonchev–Trinajstić information content (AvgIpc) is 2.56. The second-order valence-electron chi connectivity index (χ2n) is 5.58. The number of halogens is 1. The highest BCUT2D eigenvalue weighted by molar-refractivity contribution is 7.89. The first-order valence-corrected chi connectivity index (χ1v) is 8.91. The third kappa shape index (κ3) is 3.75. The van der Waals surface area contributed by atoms with E-state index in [4.69, 9.17) is 0 Å². The number of hydrogen-bond donors (Lipinski definition) is 1. The Morgan fingerprint density at radius 3 is 2.39 bits per heavy atom. The van der Waals surface area contributed by atoms with Gasteiger partial charge in [0.05, 0.1) is 4.90 Å². The van der Waals surface area contributed by atoms with E-state index in [1.165, 1.54) is 0 Å². The lowest BCUT2D eigenvalue weighted by molar-refractivity contribution is 0.310. The minimum absolute atomic E-state index is 0. The molecule has 3 rings (SSSR count). The zero-order chi connectivity index (χ0) is 15.6. The van der Waals surface area contributed by atoms with E-state index < -0.39 is 10.0 Å². The van der Waals surface area contributed by atoms with E-state index in [-0.39, 0.29) is 18.4 Å². The van der Waals surface area contributed by atoms with Crippen LogP contribution in [0.4, 0.5) is 0 Å². The van der Waals surface area contributed by atoms with Crippen molar-refractivity contribution in [1.29, 1.82) is 0 Å².